The van der Waals surface area contributed by atoms with Crippen LogP contribution in [0.3, 0.4) is 0 Å². The molecule has 0 fully saturated rings. The first kappa shape index (κ1) is 11.8. The van der Waals surface area contributed by atoms with Crippen LogP contribution < -0.4 is 5.32 Å². The summed E-state index contributed by atoms with van der Waals surface area (Å²) in [5, 5.41) is 3.01. The fourth-order valence-corrected chi connectivity index (χ4v) is 0.893. The Bertz CT molecular complexity index is 109. The minimum Gasteiger partial charge on any atom is -0.374 e. The maximum atomic E-state index is 11.6. The van der Waals surface area contributed by atoms with Crippen molar-refractivity contribution < 1.29 is 13.5 Å². The van der Waals surface area contributed by atoms with E-state index in [2.05, 4.69) is 5.32 Å². The molecule has 1 unspecified atom stereocenters. The van der Waals surface area contributed by atoms with Gasteiger partial charge in [-0.05, 0) is 13.0 Å². The van der Waals surface area contributed by atoms with Crippen LogP contribution in [0.5, 0.6) is 0 Å². The molecule has 0 aromatic carbocycles. The molecule has 0 aliphatic heterocycles. The largest absolute Gasteiger partial charge is 0.374 e. The van der Waals surface area contributed by atoms with Crippen molar-refractivity contribution in [3.63, 3.8) is 0 Å². The van der Waals surface area contributed by atoms with Gasteiger partial charge >= 0.3 is 0 Å². The topological polar surface area (TPSA) is 21.3 Å². The lowest BCUT2D eigenvalue weighted by molar-refractivity contribution is 0.00581. The second kappa shape index (κ2) is 6.31. The third-order valence-corrected chi connectivity index (χ3v) is 1.72. The number of hydrogen-bond donors (Lipinski definition) is 1. The predicted molar refractivity (Wildman–Crippen MR) is 44.5 cm³/mol. The van der Waals surface area contributed by atoms with Crippen molar-refractivity contribution >= 4 is 0 Å². The second-order valence-corrected chi connectivity index (χ2v) is 3.07. The molecular formula is C8H17F2NO. The summed E-state index contributed by atoms with van der Waals surface area (Å²) in [6.45, 7) is 3.92. The monoisotopic (exact) mass is 181 g/mol. The lowest BCUT2D eigenvalue weighted by Gasteiger charge is -2.19. The smallest absolute Gasteiger partial charge is 0.261 e. The molecule has 0 saturated heterocycles. The van der Waals surface area contributed by atoms with E-state index in [9.17, 15) is 8.78 Å². The molecule has 0 amide bonds. The minimum absolute atomic E-state index is 0.156. The van der Waals surface area contributed by atoms with Crippen LogP contribution in [0, 0.1) is 5.92 Å². The summed E-state index contributed by atoms with van der Waals surface area (Å²) in [5.74, 6) is 0.396. The Morgan fingerprint density at radius 2 is 1.83 bits per heavy atom. The average Bonchev–Trinajstić information content (AvgIpc) is 1.96. The van der Waals surface area contributed by atoms with E-state index in [1.807, 2.05) is 13.8 Å². The van der Waals surface area contributed by atoms with Gasteiger partial charge < -0.3 is 10.1 Å². The molecule has 0 aromatic rings. The normalized spacial score (nSPS) is 14.2. The van der Waals surface area contributed by atoms with E-state index in [0.29, 0.717) is 12.5 Å². The number of alkyl halides is 2. The highest BCUT2D eigenvalue weighted by Crippen LogP contribution is 2.02. The number of halogens is 2. The van der Waals surface area contributed by atoms with Crippen molar-refractivity contribution in [3.05, 3.63) is 0 Å². The summed E-state index contributed by atoms with van der Waals surface area (Å²) < 4.78 is 28.1. The first-order valence-electron chi connectivity index (χ1n) is 4.11. The van der Waals surface area contributed by atoms with Gasteiger partial charge in [-0.3, -0.25) is 0 Å². The predicted octanol–water partition coefficient (Wildman–Crippen LogP) is 1.51. The Balaban J connectivity index is 3.45. The minimum atomic E-state index is -2.37. The average molecular weight is 181 g/mol. The van der Waals surface area contributed by atoms with Gasteiger partial charge in [0, 0.05) is 6.04 Å². The van der Waals surface area contributed by atoms with E-state index in [1.54, 1.807) is 7.05 Å². The molecule has 0 aliphatic carbocycles. The van der Waals surface area contributed by atoms with E-state index in [1.165, 1.54) is 0 Å². The van der Waals surface area contributed by atoms with E-state index in [-0.39, 0.29) is 6.04 Å². The highest BCUT2D eigenvalue weighted by molar-refractivity contribution is 4.66. The third kappa shape index (κ3) is 5.43. The van der Waals surface area contributed by atoms with Crippen molar-refractivity contribution in [1.82, 2.24) is 5.32 Å². The summed E-state index contributed by atoms with van der Waals surface area (Å²) in [5.41, 5.74) is 0. The van der Waals surface area contributed by atoms with Gasteiger partial charge in [-0.25, -0.2) is 8.78 Å². The van der Waals surface area contributed by atoms with Gasteiger partial charge in [0.25, 0.3) is 6.43 Å². The van der Waals surface area contributed by atoms with E-state index >= 15 is 0 Å². The van der Waals surface area contributed by atoms with Gasteiger partial charge in [0.1, 0.15) is 6.61 Å². The van der Waals surface area contributed by atoms with Crippen LogP contribution in [-0.4, -0.2) is 32.7 Å². The zero-order valence-electron chi connectivity index (χ0n) is 7.81. The molecule has 0 bridgehead atoms. The van der Waals surface area contributed by atoms with Gasteiger partial charge in [-0.2, -0.15) is 0 Å². The summed E-state index contributed by atoms with van der Waals surface area (Å²) in [4.78, 5) is 0. The second-order valence-electron chi connectivity index (χ2n) is 3.07. The molecular weight excluding hydrogens is 164 g/mol. The van der Waals surface area contributed by atoms with Gasteiger partial charge in [-0.1, -0.05) is 13.8 Å². The van der Waals surface area contributed by atoms with Crippen LogP contribution in [0.1, 0.15) is 13.8 Å². The van der Waals surface area contributed by atoms with Crippen LogP contribution in [0.4, 0.5) is 8.78 Å². The SMILES string of the molecule is CNC(COCC(F)F)C(C)C. The van der Waals surface area contributed by atoms with Crippen LogP contribution in [0.2, 0.25) is 0 Å². The standard InChI is InChI=1S/C8H17F2NO/c1-6(2)7(11-3)4-12-5-8(9)10/h6-8,11H,4-5H2,1-3H3. The van der Waals surface area contributed by atoms with Crippen molar-refractivity contribution in [2.75, 3.05) is 20.3 Å². The molecule has 1 atom stereocenters. The summed E-state index contributed by atoms with van der Waals surface area (Å²) in [6.07, 6.45) is -2.37. The number of nitrogens with one attached hydrogen (secondary N) is 1. The van der Waals surface area contributed by atoms with Gasteiger partial charge in [0.15, 0.2) is 0 Å². The number of likely N-dealkylation sites (N-methyl/N-ethyl adjacent to an activating group) is 1. The van der Waals surface area contributed by atoms with Crippen molar-refractivity contribution in [1.29, 1.82) is 0 Å². The first-order valence-corrected chi connectivity index (χ1v) is 4.11. The molecule has 0 spiro atoms. The van der Waals surface area contributed by atoms with Crippen molar-refractivity contribution in [2.24, 2.45) is 5.92 Å². The van der Waals surface area contributed by atoms with Crippen LogP contribution in [-0.2, 0) is 4.74 Å². The van der Waals surface area contributed by atoms with E-state index in [0.717, 1.165) is 0 Å². The summed E-state index contributed by atoms with van der Waals surface area (Å²) in [7, 11) is 1.80. The van der Waals surface area contributed by atoms with Crippen molar-refractivity contribution in [2.45, 2.75) is 26.3 Å². The number of rotatable bonds is 6. The highest BCUT2D eigenvalue weighted by atomic mass is 19.3. The maximum Gasteiger partial charge on any atom is 0.261 e. The molecule has 4 heteroatoms. The van der Waals surface area contributed by atoms with E-state index in [4.69, 9.17) is 4.74 Å². The highest BCUT2D eigenvalue weighted by Gasteiger charge is 2.11. The third-order valence-electron chi connectivity index (χ3n) is 1.72. The summed E-state index contributed by atoms with van der Waals surface area (Å²) >= 11 is 0. The lowest BCUT2D eigenvalue weighted by Crippen LogP contribution is -2.35. The Morgan fingerprint density at radius 3 is 2.17 bits per heavy atom. The van der Waals surface area contributed by atoms with E-state index < -0.39 is 13.0 Å². The molecule has 12 heavy (non-hydrogen) atoms. The van der Waals surface area contributed by atoms with Crippen LogP contribution >= 0.6 is 0 Å². The quantitative estimate of drug-likeness (QED) is 0.670. The van der Waals surface area contributed by atoms with Crippen molar-refractivity contribution in [3.8, 4) is 0 Å². The maximum absolute atomic E-state index is 11.6. The van der Waals surface area contributed by atoms with Crippen LogP contribution in [0.25, 0.3) is 0 Å². The Kier molecular flexibility index (Phi) is 6.20. The Labute approximate surface area is 72.3 Å². The summed E-state index contributed by atoms with van der Waals surface area (Å²) in [6, 6.07) is 0.156. The molecule has 2 nitrogen and oxygen atoms in total. The molecule has 0 heterocycles. The fraction of sp³-hybridized carbons (Fsp3) is 1.00. The molecule has 0 aromatic heterocycles. The number of hydrogen-bond acceptors (Lipinski definition) is 2. The van der Waals surface area contributed by atoms with Gasteiger partial charge in [0.05, 0.1) is 6.61 Å². The molecule has 0 radical (unpaired) electrons. The van der Waals surface area contributed by atoms with Gasteiger partial charge in [0.2, 0.25) is 0 Å². The van der Waals surface area contributed by atoms with Gasteiger partial charge in [-0.15, -0.1) is 0 Å². The molecule has 0 saturated carbocycles. The zero-order chi connectivity index (χ0) is 9.56. The molecule has 1 N–H and O–H groups in total. The molecule has 74 valence electrons. The molecule has 0 rings (SSSR count). The van der Waals surface area contributed by atoms with Crippen LogP contribution in [0.15, 0.2) is 0 Å². The Morgan fingerprint density at radius 1 is 1.25 bits per heavy atom. The lowest BCUT2D eigenvalue weighted by atomic mass is 10.1. The number of ether oxygens (including phenoxy) is 1. The zero-order valence-corrected chi connectivity index (χ0v) is 7.81. The fourth-order valence-electron chi connectivity index (χ4n) is 0.893. The first-order chi connectivity index (χ1) is 5.57. The Hall–Kier alpha value is -0.220. The molecule has 0 aliphatic rings.